The van der Waals surface area contributed by atoms with E-state index in [1.165, 1.54) is 16.4 Å². The van der Waals surface area contributed by atoms with E-state index in [4.69, 9.17) is 0 Å². The molecular formula is C11H12N2O2S. The van der Waals surface area contributed by atoms with Crippen molar-refractivity contribution < 1.29 is 8.42 Å². The van der Waals surface area contributed by atoms with E-state index in [9.17, 15) is 8.42 Å². The van der Waals surface area contributed by atoms with Gasteiger partial charge in [-0.15, -0.1) is 0 Å². The van der Waals surface area contributed by atoms with Crippen molar-refractivity contribution in [2.24, 2.45) is 0 Å². The molecule has 0 saturated carbocycles. The molecule has 1 N–H and O–H groups in total. The lowest BCUT2D eigenvalue weighted by atomic mass is 10.3. The summed E-state index contributed by atoms with van der Waals surface area (Å²) >= 11 is 0. The van der Waals surface area contributed by atoms with Crippen molar-refractivity contribution in [3.05, 3.63) is 48.8 Å². The summed E-state index contributed by atoms with van der Waals surface area (Å²) < 4.78 is 25.6. The van der Waals surface area contributed by atoms with Gasteiger partial charge in [0.25, 0.3) is 10.0 Å². The van der Waals surface area contributed by atoms with E-state index in [1.807, 2.05) is 0 Å². The van der Waals surface area contributed by atoms with Gasteiger partial charge in [0.2, 0.25) is 0 Å². The number of hydrogen-bond acceptors (Lipinski definition) is 3. The molecule has 0 saturated heterocycles. The van der Waals surface area contributed by atoms with Crippen LogP contribution in [0.5, 0.6) is 0 Å². The molecule has 4 nitrogen and oxygen atoms in total. The zero-order chi connectivity index (χ0) is 11.6. The third kappa shape index (κ3) is 1.69. The lowest BCUT2D eigenvalue weighted by Crippen LogP contribution is -2.12. The molecule has 0 atom stereocenters. The number of nitrogens with one attached hydrogen (secondary N) is 1. The topological polar surface area (TPSA) is 51.1 Å². The number of hydrogen-bond donors (Lipinski definition) is 1. The fraction of sp³-hybridized carbons (Fsp3) is 0.0909. The van der Waals surface area contributed by atoms with Crippen LogP contribution >= 0.6 is 0 Å². The van der Waals surface area contributed by atoms with Gasteiger partial charge in [0.05, 0.1) is 5.69 Å². The maximum atomic E-state index is 12.2. The van der Waals surface area contributed by atoms with Crippen LogP contribution in [0.4, 0.5) is 5.69 Å². The zero-order valence-corrected chi connectivity index (χ0v) is 9.61. The lowest BCUT2D eigenvalue weighted by molar-refractivity contribution is 0.588. The Labute approximate surface area is 94.6 Å². The molecule has 0 aliphatic rings. The van der Waals surface area contributed by atoms with Gasteiger partial charge in [0.1, 0.15) is 4.90 Å². The van der Waals surface area contributed by atoms with Gasteiger partial charge in [-0.05, 0) is 24.3 Å². The Morgan fingerprint density at radius 1 is 1.06 bits per heavy atom. The van der Waals surface area contributed by atoms with Crippen LogP contribution in [-0.4, -0.2) is 19.4 Å². The molecule has 0 fully saturated rings. The maximum Gasteiger partial charge on any atom is 0.269 e. The summed E-state index contributed by atoms with van der Waals surface area (Å²) in [4.78, 5) is 0.272. The summed E-state index contributed by atoms with van der Waals surface area (Å²) in [6.07, 6.45) is 3.03. The molecule has 0 radical (unpaired) electrons. The molecule has 1 aromatic heterocycles. The summed E-state index contributed by atoms with van der Waals surface area (Å²) in [5.74, 6) is 0. The van der Waals surface area contributed by atoms with Crippen LogP contribution in [0, 0.1) is 0 Å². The minimum absolute atomic E-state index is 0.272. The molecule has 0 bridgehead atoms. The molecule has 2 rings (SSSR count). The van der Waals surface area contributed by atoms with Crippen LogP contribution < -0.4 is 5.32 Å². The van der Waals surface area contributed by atoms with E-state index in [2.05, 4.69) is 5.32 Å². The first-order chi connectivity index (χ1) is 7.66. The van der Waals surface area contributed by atoms with Gasteiger partial charge in [-0.2, -0.15) is 0 Å². The third-order valence-corrected chi connectivity index (χ3v) is 4.00. The Morgan fingerprint density at radius 3 is 2.31 bits per heavy atom. The van der Waals surface area contributed by atoms with E-state index < -0.39 is 10.0 Å². The fourth-order valence-corrected chi connectivity index (χ4v) is 2.88. The van der Waals surface area contributed by atoms with Gasteiger partial charge in [-0.25, -0.2) is 12.4 Å². The van der Waals surface area contributed by atoms with Crippen LogP contribution in [0.2, 0.25) is 0 Å². The molecular weight excluding hydrogens is 224 g/mol. The standard InChI is InChI=1S/C11H12N2O2S/c1-12-10-6-2-3-7-11(10)16(14,15)13-8-4-5-9-13/h2-9,12H,1H3. The molecule has 16 heavy (non-hydrogen) atoms. The van der Waals surface area contributed by atoms with Crippen molar-refractivity contribution in [1.82, 2.24) is 3.97 Å². The molecule has 0 spiro atoms. The highest BCUT2D eigenvalue weighted by Crippen LogP contribution is 2.22. The Balaban J connectivity index is 2.61. The van der Waals surface area contributed by atoms with E-state index in [0.29, 0.717) is 5.69 Å². The van der Waals surface area contributed by atoms with E-state index in [-0.39, 0.29) is 4.90 Å². The highest BCUT2D eigenvalue weighted by molar-refractivity contribution is 7.90. The maximum absolute atomic E-state index is 12.2. The Hall–Kier alpha value is -1.75. The van der Waals surface area contributed by atoms with Crippen molar-refractivity contribution in [2.45, 2.75) is 4.90 Å². The van der Waals surface area contributed by atoms with Gasteiger partial charge >= 0.3 is 0 Å². The van der Waals surface area contributed by atoms with Crippen molar-refractivity contribution in [2.75, 3.05) is 12.4 Å². The number of para-hydroxylation sites is 1. The molecule has 1 aromatic carbocycles. The first kappa shape index (κ1) is 10.8. The number of benzene rings is 1. The average Bonchev–Trinajstić information content (AvgIpc) is 2.83. The van der Waals surface area contributed by atoms with Crippen molar-refractivity contribution >= 4 is 15.7 Å². The summed E-state index contributed by atoms with van der Waals surface area (Å²) in [6.45, 7) is 0. The quantitative estimate of drug-likeness (QED) is 0.883. The lowest BCUT2D eigenvalue weighted by Gasteiger charge is -2.10. The summed E-state index contributed by atoms with van der Waals surface area (Å²) in [7, 11) is -1.79. The first-order valence-corrected chi connectivity index (χ1v) is 6.25. The van der Waals surface area contributed by atoms with Crippen molar-refractivity contribution in [1.29, 1.82) is 0 Å². The first-order valence-electron chi connectivity index (χ1n) is 4.81. The molecule has 0 aliphatic carbocycles. The Morgan fingerprint density at radius 2 is 1.69 bits per heavy atom. The fourth-order valence-electron chi connectivity index (χ4n) is 1.49. The van der Waals surface area contributed by atoms with Crippen LogP contribution in [0.15, 0.2) is 53.7 Å². The van der Waals surface area contributed by atoms with Gasteiger partial charge < -0.3 is 5.32 Å². The summed E-state index contributed by atoms with van der Waals surface area (Å²) in [6, 6.07) is 10.2. The molecule has 0 amide bonds. The van der Waals surface area contributed by atoms with Crippen LogP contribution in [0.3, 0.4) is 0 Å². The van der Waals surface area contributed by atoms with Gasteiger partial charge in [-0.3, -0.25) is 0 Å². The smallest absolute Gasteiger partial charge is 0.269 e. The second kappa shape index (κ2) is 4.02. The SMILES string of the molecule is CNc1ccccc1S(=O)(=O)n1cccc1. The van der Waals surface area contributed by atoms with E-state index in [1.54, 1.807) is 43.4 Å². The highest BCUT2D eigenvalue weighted by Gasteiger charge is 2.18. The molecule has 1 heterocycles. The number of aromatic nitrogens is 1. The third-order valence-electron chi connectivity index (χ3n) is 2.29. The highest BCUT2D eigenvalue weighted by atomic mass is 32.2. The normalized spacial score (nSPS) is 11.3. The van der Waals surface area contributed by atoms with Crippen molar-refractivity contribution in [3.63, 3.8) is 0 Å². The minimum Gasteiger partial charge on any atom is -0.387 e. The van der Waals surface area contributed by atoms with E-state index >= 15 is 0 Å². The monoisotopic (exact) mass is 236 g/mol. The minimum atomic E-state index is -3.48. The van der Waals surface area contributed by atoms with Crippen LogP contribution in [0.1, 0.15) is 0 Å². The average molecular weight is 236 g/mol. The predicted molar refractivity (Wildman–Crippen MR) is 63.0 cm³/mol. The van der Waals surface area contributed by atoms with Crippen LogP contribution in [0.25, 0.3) is 0 Å². The molecule has 84 valence electrons. The molecule has 0 aliphatic heterocycles. The predicted octanol–water partition coefficient (Wildman–Crippen LogP) is 1.77. The van der Waals surface area contributed by atoms with Gasteiger partial charge in [-0.1, -0.05) is 12.1 Å². The van der Waals surface area contributed by atoms with Crippen molar-refractivity contribution in [3.8, 4) is 0 Å². The van der Waals surface area contributed by atoms with Crippen LogP contribution in [-0.2, 0) is 10.0 Å². The summed E-state index contributed by atoms with van der Waals surface area (Å²) in [5, 5.41) is 2.87. The Kier molecular flexibility index (Phi) is 2.70. The number of anilines is 1. The van der Waals surface area contributed by atoms with E-state index in [0.717, 1.165) is 0 Å². The second-order valence-corrected chi connectivity index (χ2v) is 5.08. The molecule has 0 unspecified atom stereocenters. The zero-order valence-electron chi connectivity index (χ0n) is 8.79. The molecule has 5 heteroatoms. The summed E-state index contributed by atoms with van der Waals surface area (Å²) in [5.41, 5.74) is 0.594. The largest absolute Gasteiger partial charge is 0.387 e. The number of nitrogens with zero attached hydrogens (tertiary/aromatic N) is 1. The Bertz CT molecular complexity index is 574. The number of rotatable bonds is 3. The van der Waals surface area contributed by atoms with Gasteiger partial charge in [0, 0.05) is 19.4 Å². The molecule has 2 aromatic rings. The van der Waals surface area contributed by atoms with Gasteiger partial charge in [0.15, 0.2) is 0 Å². The second-order valence-electron chi connectivity index (χ2n) is 3.26.